The number of hydrogen-bond acceptors (Lipinski definition) is 3. The molecule has 0 aromatic heterocycles. The highest BCUT2D eigenvalue weighted by Crippen LogP contribution is 2.26. The Morgan fingerprint density at radius 2 is 1.85 bits per heavy atom. The van der Waals surface area contributed by atoms with E-state index in [9.17, 15) is 9.90 Å². The van der Waals surface area contributed by atoms with Gasteiger partial charge < -0.3 is 5.11 Å². The van der Waals surface area contributed by atoms with Crippen LogP contribution >= 0.6 is 11.8 Å². The average molecular weight is 204 g/mol. The lowest BCUT2D eigenvalue weighted by Gasteiger charge is -2.18. The van der Waals surface area contributed by atoms with Gasteiger partial charge in [-0.1, -0.05) is 46.4 Å². The highest BCUT2D eigenvalue weighted by atomic mass is 32.2. The zero-order valence-corrected chi connectivity index (χ0v) is 9.94. The topological polar surface area (TPSA) is 37.3 Å². The number of carbonyl (C=O) groups excluding carboxylic acids is 1. The van der Waals surface area contributed by atoms with Crippen LogP contribution in [0.1, 0.15) is 41.0 Å². The van der Waals surface area contributed by atoms with E-state index < -0.39 is 6.10 Å². The molecule has 0 rings (SSSR count). The molecule has 0 saturated heterocycles. The van der Waals surface area contributed by atoms with Crippen molar-refractivity contribution in [1.82, 2.24) is 0 Å². The van der Waals surface area contributed by atoms with Crippen molar-refractivity contribution in [2.45, 2.75) is 51.9 Å². The molecule has 0 fully saturated rings. The molecule has 1 N–H and O–H groups in total. The Morgan fingerprint density at radius 1 is 1.38 bits per heavy atom. The number of hydrogen-bond donors (Lipinski definition) is 1. The van der Waals surface area contributed by atoms with Crippen molar-refractivity contribution < 1.29 is 9.90 Å². The van der Waals surface area contributed by atoms with E-state index in [0.717, 1.165) is 0 Å². The molecule has 0 aliphatic rings. The van der Waals surface area contributed by atoms with Crippen molar-refractivity contribution in [2.24, 2.45) is 5.92 Å². The second-order valence-corrected chi connectivity index (χ2v) is 6.49. The fourth-order valence-corrected chi connectivity index (χ4v) is 1.73. The summed E-state index contributed by atoms with van der Waals surface area (Å²) in [5, 5.41) is 9.54. The van der Waals surface area contributed by atoms with Gasteiger partial charge in [-0.05, 0) is 5.92 Å². The number of rotatable bonds is 3. The van der Waals surface area contributed by atoms with Crippen molar-refractivity contribution >= 4 is 16.9 Å². The van der Waals surface area contributed by atoms with Crippen LogP contribution in [0, 0.1) is 5.92 Å². The third-order valence-corrected chi connectivity index (χ3v) is 2.57. The molecule has 0 radical (unpaired) electrons. The molecule has 3 heteroatoms. The van der Waals surface area contributed by atoms with Crippen LogP contribution in [-0.2, 0) is 4.79 Å². The van der Waals surface area contributed by atoms with Crippen molar-refractivity contribution in [3.8, 4) is 0 Å². The lowest BCUT2D eigenvalue weighted by Crippen LogP contribution is -2.20. The Balaban J connectivity index is 3.89. The minimum absolute atomic E-state index is 0.0478. The maximum absolute atomic E-state index is 11.4. The van der Waals surface area contributed by atoms with Crippen LogP contribution in [0.25, 0.3) is 0 Å². The zero-order chi connectivity index (χ0) is 10.6. The molecule has 0 heterocycles. The second kappa shape index (κ2) is 5.01. The molecule has 2 nitrogen and oxygen atoms in total. The summed E-state index contributed by atoms with van der Waals surface area (Å²) in [6.45, 7) is 9.82. The Labute approximate surface area is 85.1 Å². The van der Waals surface area contributed by atoms with Gasteiger partial charge in [0, 0.05) is 11.2 Å². The largest absolute Gasteiger partial charge is 0.392 e. The molecular formula is C10H20O2S. The molecule has 0 aliphatic heterocycles. The predicted octanol–water partition coefficient (Wildman–Crippen LogP) is 2.45. The fourth-order valence-electron chi connectivity index (χ4n) is 0.790. The van der Waals surface area contributed by atoms with E-state index in [1.165, 1.54) is 11.8 Å². The summed E-state index contributed by atoms with van der Waals surface area (Å²) in [7, 11) is 0. The Hall–Kier alpha value is -0.0200. The Morgan fingerprint density at radius 3 is 2.15 bits per heavy atom. The van der Waals surface area contributed by atoms with Gasteiger partial charge in [-0.3, -0.25) is 4.79 Å². The van der Waals surface area contributed by atoms with E-state index >= 15 is 0 Å². The second-order valence-electron chi connectivity index (χ2n) is 4.60. The summed E-state index contributed by atoms with van der Waals surface area (Å²) in [5.74, 6) is 0.157. The van der Waals surface area contributed by atoms with E-state index in [0.29, 0.717) is 0 Å². The van der Waals surface area contributed by atoms with Crippen molar-refractivity contribution in [3.63, 3.8) is 0 Å². The van der Waals surface area contributed by atoms with Gasteiger partial charge in [0.15, 0.2) is 5.12 Å². The van der Waals surface area contributed by atoms with E-state index in [1.54, 1.807) is 0 Å². The van der Waals surface area contributed by atoms with Gasteiger partial charge in [-0.15, -0.1) is 0 Å². The zero-order valence-electron chi connectivity index (χ0n) is 9.13. The summed E-state index contributed by atoms with van der Waals surface area (Å²) in [5.41, 5.74) is 0. The Bertz CT molecular complexity index is 170. The summed E-state index contributed by atoms with van der Waals surface area (Å²) < 4.78 is -0.0478. The molecule has 0 unspecified atom stereocenters. The fraction of sp³-hybridized carbons (Fsp3) is 0.900. The molecule has 0 amide bonds. The number of aliphatic hydroxyl groups excluding tert-OH is 1. The van der Waals surface area contributed by atoms with Gasteiger partial charge in [-0.25, -0.2) is 0 Å². The van der Waals surface area contributed by atoms with Crippen LogP contribution in [0.15, 0.2) is 0 Å². The van der Waals surface area contributed by atoms with Gasteiger partial charge in [-0.2, -0.15) is 0 Å². The lowest BCUT2D eigenvalue weighted by atomic mass is 10.1. The minimum atomic E-state index is -0.498. The number of carbonyl (C=O) groups is 1. The molecule has 0 bridgehead atoms. The first-order valence-corrected chi connectivity index (χ1v) is 5.44. The first-order chi connectivity index (χ1) is 5.72. The van der Waals surface area contributed by atoms with Crippen LogP contribution in [0.5, 0.6) is 0 Å². The molecule has 0 saturated carbocycles. The molecule has 13 heavy (non-hydrogen) atoms. The predicted molar refractivity (Wildman–Crippen MR) is 57.8 cm³/mol. The van der Waals surface area contributed by atoms with Crippen LogP contribution in [0.3, 0.4) is 0 Å². The van der Waals surface area contributed by atoms with Crippen molar-refractivity contribution in [2.75, 3.05) is 0 Å². The smallest absolute Gasteiger partial charge is 0.192 e. The van der Waals surface area contributed by atoms with Crippen LogP contribution < -0.4 is 0 Å². The molecule has 0 spiro atoms. The van der Waals surface area contributed by atoms with Gasteiger partial charge in [0.2, 0.25) is 0 Å². The maximum atomic E-state index is 11.4. The van der Waals surface area contributed by atoms with E-state index in [2.05, 4.69) is 0 Å². The van der Waals surface area contributed by atoms with Gasteiger partial charge in [0.1, 0.15) is 0 Å². The van der Waals surface area contributed by atoms with Gasteiger partial charge in [0.25, 0.3) is 0 Å². The summed E-state index contributed by atoms with van der Waals surface area (Å²) in [6, 6.07) is 0. The normalized spacial score (nSPS) is 14.7. The first-order valence-electron chi connectivity index (χ1n) is 4.62. The van der Waals surface area contributed by atoms with Crippen molar-refractivity contribution in [3.05, 3.63) is 0 Å². The van der Waals surface area contributed by atoms with Crippen LogP contribution in [-0.4, -0.2) is 21.1 Å². The third-order valence-electron chi connectivity index (χ3n) is 1.57. The molecule has 0 aromatic rings. The highest BCUT2D eigenvalue weighted by Gasteiger charge is 2.20. The first kappa shape index (κ1) is 13.0. The summed E-state index contributed by atoms with van der Waals surface area (Å²) in [4.78, 5) is 11.4. The SMILES string of the molecule is CC(C)[C@H](O)CC(=O)SC(C)(C)C. The number of thioether (sulfide) groups is 1. The quantitative estimate of drug-likeness (QED) is 0.767. The van der Waals surface area contributed by atoms with Crippen molar-refractivity contribution in [1.29, 1.82) is 0 Å². The van der Waals surface area contributed by atoms with E-state index in [4.69, 9.17) is 0 Å². The Kier molecular flexibility index (Phi) is 5.00. The van der Waals surface area contributed by atoms with Gasteiger partial charge in [0.05, 0.1) is 6.10 Å². The number of aliphatic hydroxyl groups is 1. The van der Waals surface area contributed by atoms with Crippen LogP contribution in [0.4, 0.5) is 0 Å². The molecule has 0 aliphatic carbocycles. The summed E-state index contributed by atoms with van der Waals surface area (Å²) >= 11 is 1.30. The lowest BCUT2D eigenvalue weighted by molar-refractivity contribution is -0.113. The minimum Gasteiger partial charge on any atom is -0.392 e. The average Bonchev–Trinajstić information content (AvgIpc) is 1.81. The molecule has 78 valence electrons. The monoisotopic (exact) mass is 204 g/mol. The molecule has 1 atom stereocenters. The third kappa shape index (κ3) is 7.08. The molecule has 0 aromatic carbocycles. The maximum Gasteiger partial charge on any atom is 0.192 e. The highest BCUT2D eigenvalue weighted by molar-refractivity contribution is 8.14. The van der Waals surface area contributed by atoms with E-state index in [1.807, 2.05) is 34.6 Å². The van der Waals surface area contributed by atoms with Crippen LogP contribution in [0.2, 0.25) is 0 Å². The molecular weight excluding hydrogens is 184 g/mol. The van der Waals surface area contributed by atoms with Gasteiger partial charge >= 0.3 is 0 Å². The van der Waals surface area contributed by atoms with E-state index in [-0.39, 0.29) is 22.2 Å². The summed E-state index contributed by atoms with van der Waals surface area (Å²) in [6.07, 6.45) is -0.234. The standard InChI is InChI=1S/C10H20O2S/c1-7(2)8(11)6-9(12)13-10(3,4)5/h7-8,11H,6H2,1-5H3/t8-/m1/s1.